The summed E-state index contributed by atoms with van der Waals surface area (Å²) in [5.74, 6) is 0.651. The predicted molar refractivity (Wildman–Crippen MR) is 164 cm³/mol. The van der Waals surface area contributed by atoms with Crippen LogP contribution < -0.4 is 20.9 Å². The fraction of sp³-hybridized carbons (Fsp3) is 0.433. The molecule has 3 N–H and O–H groups in total. The first-order chi connectivity index (χ1) is 19.2. The molecule has 1 amide bonds. The third-order valence-electron chi connectivity index (χ3n) is 6.87. The van der Waals surface area contributed by atoms with Crippen molar-refractivity contribution in [2.24, 2.45) is 0 Å². The van der Waals surface area contributed by atoms with E-state index in [1.807, 2.05) is 61.6 Å². The molecule has 0 bridgehead atoms. The second-order valence-corrected chi connectivity index (χ2v) is 10.1. The van der Waals surface area contributed by atoms with Crippen molar-refractivity contribution in [3.63, 3.8) is 0 Å². The maximum absolute atomic E-state index is 14.5. The zero-order valence-corrected chi connectivity index (χ0v) is 25.1. The smallest absolute Gasteiger partial charge is 0.242 e. The summed E-state index contributed by atoms with van der Waals surface area (Å²) < 4.78 is 14.5. The molecular formula is C30H41ClFN7O. The summed E-state index contributed by atoms with van der Waals surface area (Å²) >= 11 is 5.92. The maximum atomic E-state index is 14.5. The van der Waals surface area contributed by atoms with Crippen molar-refractivity contribution < 1.29 is 9.18 Å². The number of piperazine rings is 1. The Bertz CT molecular complexity index is 1290. The van der Waals surface area contributed by atoms with Crippen LogP contribution in [-0.4, -0.2) is 59.5 Å². The molecule has 0 aliphatic carbocycles. The Labute approximate surface area is 242 Å². The molecule has 2 aliphatic heterocycles. The number of anilines is 3. The third kappa shape index (κ3) is 6.75. The van der Waals surface area contributed by atoms with Crippen LogP contribution in [0.3, 0.4) is 0 Å². The lowest BCUT2D eigenvalue weighted by molar-refractivity contribution is -0.132. The van der Waals surface area contributed by atoms with Gasteiger partial charge in [0.2, 0.25) is 5.91 Å². The summed E-state index contributed by atoms with van der Waals surface area (Å²) in [6, 6.07) is 4.60. The molecule has 40 heavy (non-hydrogen) atoms. The number of fused-ring (bicyclic) bond motifs is 1. The molecule has 2 aromatic rings. The minimum absolute atomic E-state index is 0.00974. The monoisotopic (exact) mass is 569 g/mol. The number of nitrogen functional groups attached to an aromatic ring is 1. The third-order valence-corrected chi connectivity index (χ3v) is 7.10. The molecule has 4 rings (SSSR count). The molecule has 0 unspecified atom stereocenters. The molecular weight excluding hydrogens is 529 g/mol. The van der Waals surface area contributed by atoms with Gasteiger partial charge in [0.25, 0.3) is 0 Å². The van der Waals surface area contributed by atoms with Crippen LogP contribution in [-0.2, 0) is 4.79 Å². The van der Waals surface area contributed by atoms with Gasteiger partial charge < -0.3 is 25.8 Å². The fourth-order valence-corrected chi connectivity index (χ4v) is 5.33. The molecule has 1 saturated heterocycles. The number of halogens is 2. The average molecular weight is 570 g/mol. The number of hydrogen-bond acceptors (Lipinski definition) is 7. The molecule has 1 aromatic carbocycles. The number of nitrogens with one attached hydrogen (secondary N) is 1. The lowest BCUT2D eigenvalue weighted by Crippen LogP contribution is -2.56. The largest absolute Gasteiger partial charge is 0.383 e. The Morgan fingerprint density at radius 3 is 2.67 bits per heavy atom. The van der Waals surface area contributed by atoms with Gasteiger partial charge in [-0.15, -0.1) is 0 Å². The number of rotatable bonds is 7. The van der Waals surface area contributed by atoms with E-state index in [1.54, 1.807) is 12.1 Å². The molecule has 2 aliphatic rings. The Balaban J connectivity index is 0.00000216. The van der Waals surface area contributed by atoms with Crippen molar-refractivity contribution in [1.82, 2.24) is 20.2 Å². The Morgan fingerprint density at radius 2 is 2.02 bits per heavy atom. The number of benzene rings is 1. The van der Waals surface area contributed by atoms with Crippen molar-refractivity contribution in [2.75, 3.05) is 48.3 Å². The molecule has 10 heteroatoms. The van der Waals surface area contributed by atoms with Gasteiger partial charge in [-0.05, 0) is 57.2 Å². The Kier molecular flexibility index (Phi) is 11.0. The summed E-state index contributed by atoms with van der Waals surface area (Å²) in [5.41, 5.74) is 10.6. The lowest BCUT2D eigenvalue weighted by atomic mass is 9.93. The van der Waals surface area contributed by atoms with Crippen LogP contribution in [0.15, 0.2) is 54.1 Å². The lowest BCUT2D eigenvalue weighted by Gasteiger charge is -2.42. The summed E-state index contributed by atoms with van der Waals surface area (Å²) in [6.07, 6.45) is 8.20. The van der Waals surface area contributed by atoms with Gasteiger partial charge in [-0.1, -0.05) is 44.5 Å². The van der Waals surface area contributed by atoms with Gasteiger partial charge in [-0.25, -0.2) is 14.4 Å². The summed E-state index contributed by atoms with van der Waals surface area (Å²) in [7, 11) is 0. The van der Waals surface area contributed by atoms with Gasteiger partial charge in [0, 0.05) is 48.5 Å². The van der Waals surface area contributed by atoms with E-state index in [2.05, 4.69) is 28.3 Å². The molecule has 0 spiro atoms. The van der Waals surface area contributed by atoms with Crippen LogP contribution >= 0.6 is 11.6 Å². The molecule has 8 nitrogen and oxygen atoms in total. The summed E-state index contributed by atoms with van der Waals surface area (Å²) in [5, 5.41) is 3.72. The SMILES string of the molecule is C/C=C\N/C(=C/CC)C1=C(C)CN(CC(=O)N2CCN(c3ccc(Cl)cc3F)C[C@@H]2C)c2ncnc(N)c21.CC. The fourth-order valence-electron chi connectivity index (χ4n) is 5.17. The highest BCUT2D eigenvalue weighted by molar-refractivity contribution is 6.30. The zero-order valence-electron chi connectivity index (χ0n) is 24.3. The minimum atomic E-state index is -0.356. The van der Waals surface area contributed by atoms with Crippen molar-refractivity contribution in [1.29, 1.82) is 0 Å². The number of nitrogens with two attached hydrogens (primary N) is 1. The number of carbonyl (C=O) groups excluding carboxylic acids is 1. The number of carbonyl (C=O) groups is 1. The first-order valence-electron chi connectivity index (χ1n) is 13.9. The van der Waals surface area contributed by atoms with Gasteiger partial charge in [0.15, 0.2) is 0 Å². The second kappa shape index (κ2) is 14.2. The van der Waals surface area contributed by atoms with E-state index in [9.17, 15) is 9.18 Å². The highest BCUT2D eigenvalue weighted by Crippen LogP contribution is 2.39. The van der Waals surface area contributed by atoms with Crippen LogP contribution in [0.2, 0.25) is 5.02 Å². The van der Waals surface area contributed by atoms with Crippen LogP contribution in [0, 0.1) is 5.82 Å². The second-order valence-electron chi connectivity index (χ2n) is 9.62. The maximum Gasteiger partial charge on any atom is 0.242 e. The van der Waals surface area contributed by atoms with E-state index >= 15 is 0 Å². The van der Waals surface area contributed by atoms with Gasteiger partial charge >= 0.3 is 0 Å². The Morgan fingerprint density at radius 1 is 1.27 bits per heavy atom. The van der Waals surface area contributed by atoms with Crippen LogP contribution in [0.25, 0.3) is 5.57 Å². The number of nitrogens with zero attached hydrogens (tertiary/aromatic N) is 5. The van der Waals surface area contributed by atoms with Gasteiger partial charge in [0.05, 0.1) is 17.8 Å². The molecule has 1 fully saturated rings. The molecule has 216 valence electrons. The van der Waals surface area contributed by atoms with Crippen molar-refractivity contribution in [3.05, 3.63) is 70.6 Å². The van der Waals surface area contributed by atoms with Gasteiger partial charge in [-0.3, -0.25) is 4.79 Å². The van der Waals surface area contributed by atoms with Crippen LogP contribution in [0.4, 0.5) is 21.7 Å². The van der Waals surface area contributed by atoms with Crippen LogP contribution in [0.1, 0.15) is 53.5 Å². The van der Waals surface area contributed by atoms with E-state index in [-0.39, 0.29) is 24.3 Å². The minimum Gasteiger partial charge on any atom is -0.383 e. The quantitative estimate of drug-likeness (QED) is 0.447. The van der Waals surface area contributed by atoms with Gasteiger partial charge in [-0.2, -0.15) is 0 Å². The van der Waals surface area contributed by atoms with Gasteiger partial charge in [0.1, 0.15) is 23.8 Å². The molecule has 0 saturated carbocycles. The molecule has 1 aromatic heterocycles. The predicted octanol–water partition coefficient (Wildman–Crippen LogP) is 5.63. The normalized spacial score (nSPS) is 17.6. The molecule has 3 heterocycles. The number of allylic oxidation sites excluding steroid dienone is 3. The summed E-state index contributed by atoms with van der Waals surface area (Å²) in [6.45, 7) is 14.3. The standard InChI is InChI=1S/C28H35ClFN7O.C2H6/c1-5-7-22(32-10-6-2)25-18(3)14-36(28-26(25)27(31)33-17-34-28)16-24(38)37-12-11-35(15-19(37)4)23-9-8-20(29)13-21(23)30;1-2/h6-10,13,17,19,32H,5,11-12,14-16H2,1-4H3,(H2,31,33,34);1-2H3/b10-6-,22-7+;/t19-;/m0./s1. The van der Waals surface area contributed by atoms with E-state index < -0.39 is 0 Å². The van der Waals surface area contributed by atoms with Crippen molar-refractivity contribution in [3.8, 4) is 0 Å². The number of hydrogen-bond donors (Lipinski definition) is 2. The average Bonchev–Trinajstić information content (AvgIpc) is 2.93. The highest BCUT2D eigenvalue weighted by atomic mass is 35.5. The summed E-state index contributed by atoms with van der Waals surface area (Å²) in [4.78, 5) is 28.1. The first kappa shape index (κ1) is 30.9. The first-order valence-corrected chi connectivity index (χ1v) is 14.3. The van der Waals surface area contributed by atoms with E-state index in [4.69, 9.17) is 17.3 Å². The van der Waals surface area contributed by atoms with Crippen LogP contribution in [0.5, 0.6) is 0 Å². The van der Waals surface area contributed by atoms with E-state index in [0.717, 1.165) is 28.8 Å². The zero-order chi connectivity index (χ0) is 29.4. The van der Waals surface area contributed by atoms with Crippen molar-refractivity contribution in [2.45, 2.75) is 54.0 Å². The Hall–Kier alpha value is -3.59. The highest BCUT2D eigenvalue weighted by Gasteiger charge is 2.33. The topological polar surface area (TPSA) is 90.6 Å². The molecule has 1 atom stereocenters. The van der Waals surface area contributed by atoms with E-state index in [0.29, 0.717) is 48.5 Å². The molecule has 0 radical (unpaired) electrons. The number of aromatic nitrogens is 2. The number of amides is 1. The van der Waals surface area contributed by atoms with E-state index in [1.165, 1.54) is 12.4 Å². The van der Waals surface area contributed by atoms with Crippen molar-refractivity contribution >= 4 is 40.4 Å².